The van der Waals surface area contributed by atoms with E-state index in [9.17, 15) is 4.79 Å². The molecule has 2 heteroatoms. The van der Waals surface area contributed by atoms with E-state index in [1.54, 1.807) is 18.2 Å². The van der Waals surface area contributed by atoms with Crippen molar-refractivity contribution in [2.45, 2.75) is 51.9 Å². The first-order valence-electron chi connectivity index (χ1n) is 6.82. The highest BCUT2D eigenvalue weighted by atomic mass is 16.1. The Kier molecular flexibility index (Phi) is 6.79. The van der Waals surface area contributed by atoms with Gasteiger partial charge in [0.1, 0.15) is 0 Å². The molecule has 0 heterocycles. The van der Waals surface area contributed by atoms with Crippen molar-refractivity contribution in [3.05, 3.63) is 35.4 Å². The van der Waals surface area contributed by atoms with Crippen molar-refractivity contribution in [1.82, 2.24) is 0 Å². The predicted octanol–water partition coefficient (Wildman–Crippen LogP) is 4.49. The number of ketones is 1. The van der Waals surface area contributed by atoms with Gasteiger partial charge in [0, 0.05) is 12.0 Å². The Balaban J connectivity index is 2.35. The van der Waals surface area contributed by atoms with Crippen LogP contribution in [0.2, 0.25) is 0 Å². The molecular formula is C16H21NO. The Morgan fingerprint density at radius 2 is 1.78 bits per heavy atom. The van der Waals surface area contributed by atoms with Gasteiger partial charge in [-0.05, 0) is 12.5 Å². The maximum Gasteiger partial charge on any atom is 0.164 e. The van der Waals surface area contributed by atoms with Crippen LogP contribution in [0, 0.1) is 11.3 Å². The Hall–Kier alpha value is -1.62. The van der Waals surface area contributed by atoms with E-state index in [1.165, 1.54) is 25.7 Å². The molecular weight excluding hydrogens is 222 g/mol. The third kappa shape index (κ3) is 4.71. The fourth-order valence-corrected chi connectivity index (χ4v) is 2.02. The average molecular weight is 243 g/mol. The van der Waals surface area contributed by atoms with Gasteiger partial charge < -0.3 is 0 Å². The Labute approximate surface area is 110 Å². The molecule has 0 unspecified atom stereocenters. The first-order chi connectivity index (χ1) is 8.79. The molecule has 0 spiro atoms. The van der Waals surface area contributed by atoms with Gasteiger partial charge in [0.25, 0.3) is 0 Å². The molecule has 0 saturated heterocycles. The van der Waals surface area contributed by atoms with E-state index in [-0.39, 0.29) is 5.78 Å². The lowest BCUT2D eigenvalue weighted by molar-refractivity contribution is 0.0979. The molecule has 18 heavy (non-hydrogen) atoms. The molecule has 2 nitrogen and oxygen atoms in total. The van der Waals surface area contributed by atoms with Crippen LogP contribution in [0.25, 0.3) is 0 Å². The zero-order valence-corrected chi connectivity index (χ0v) is 11.1. The molecule has 1 rings (SSSR count). The van der Waals surface area contributed by atoms with E-state index in [2.05, 4.69) is 13.0 Å². The molecule has 0 fully saturated rings. The van der Waals surface area contributed by atoms with Crippen molar-refractivity contribution in [2.24, 2.45) is 0 Å². The standard InChI is InChI=1S/C16H21NO/c1-2-3-4-5-6-7-12-16(18)15-11-9-8-10-14(15)13-17/h8-11H,2-7,12H2,1H3. The van der Waals surface area contributed by atoms with Crippen molar-refractivity contribution in [3.63, 3.8) is 0 Å². The number of hydrogen-bond donors (Lipinski definition) is 0. The number of nitrogens with zero attached hydrogens (tertiary/aromatic N) is 1. The molecule has 0 atom stereocenters. The predicted molar refractivity (Wildman–Crippen MR) is 73.5 cm³/mol. The van der Waals surface area contributed by atoms with Crippen molar-refractivity contribution >= 4 is 5.78 Å². The van der Waals surface area contributed by atoms with Crippen LogP contribution in [-0.2, 0) is 0 Å². The number of unbranched alkanes of at least 4 members (excludes halogenated alkanes) is 5. The molecule has 96 valence electrons. The van der Waals surface area contributed by atoms with Gasteiger partial charge in [0.05, 0.1) is 11.6 Å². The first kappa shape index (κ1) is 14.4. The molecule has 0 bridgehead atoms. The number of carbonyl (C=O) groups is 1. The fraction of sp³-hybridized carbons (Fsp3) is 0.500. The highest BCUT2D eigenvalue weighted by molar-refractivity contribution is 5.98. The van der Waals surface area contributed by atoms with Crippen LogP contribution in [0.5, 0.6) is 0 Å². The third-order valence-electron chi connectivity index (χ3n) is 3.11. The second-order valence-corrected chi connectivity index (χ2v) is 4.60. The Morgan fingerprint density at radius 3 is 2.50 bits per heavy atom. The molecule has 0 aliphatic rings. The summed E-state index contributed by atoms with van der Waals surface area (Å²) in [5, 5.41) is 8.93. The van der Waals surface area contributed by atoms with Crippen LogP contribution >= 0.6 is 0 Å². The summed E-state index contributed by atoms with van der Waals surface area (Å²) in [6.45, 7) is 2.20. The fourth-order valence-electron chi connectivity index (χ4n) is 2.02. The summed E-state index contributed by atoms with van der Waals surface area (Å²) in [7, 11) is 0. The highest BCUT2D eigenvalue weighted by Gasteiger charge is 2.09. The number of Topliss-reactive ketones (excluding diaryl/α,β-unsaturated/α-hetero) is 1. The van der Waals surface area contributed by atoms with Crippen LogP contribution in [0.15, 0.2) is 24.3 Å². The van der Waals surface area contributed by atoms with Crippen molar-refractivity contribution < 1.29 is 4.79 Å². The van der Waals surface area contributed by atoms with Crippen LogP contribution in [-0.4, -0.2) is 5.78 Å². The maximum absolute atomic E-state index is 12.0. The molecule has 0 aliphatic carbocycles. The normalized spacial score (nSPS) is 10.0. The van der Waals surface area contributed by atoms with Gasteiger partial charge in [0.15, 0.2) is 5.78 Å². The SMILES string of the molecule is CCCCCCCCC(=O)c1ccccc1C#N. The van der Waals surface area contributed by atoms with Gasteiger partial charge in [-0.25, -0.2) is 0 Å². The molecule has 1 aromatic carbocycles. The summed E-state index contributed by atoms with van der Waals surface area (Å²) in [5.74, 6) is 0.0997. The van der Waals surface area contributed by atoms with Crippen LogP contribution in [0.3, 0.4) is 0 Å². The van der Waals surface area contributed by atoms with Gasteiger partial charge in [-0.3, -0.25) is 4.79 Å². The smallest absolute Gasteiger partial charge is 0.164 e. The maximum atomic E-state index is 12.0. The summed E-state index contributed by atoms with van der Waals surface area (Å²) in [5.41, 5.74) is 1.07. The first-order valence-corrected chi connectivity index (χ1v) is 6.82. The minimum atomic E-state index is 0.0997. The second-order valence-electron chi connectivity index (χ2n) is 4.60. The molecule has 1 aromatic rings. The molecule has 0 aromatic heterocycles. The minimum Gasteiger partial charge on any atom is -0.294 e. The molecule has 0 amide bonds. The van der Waals surface area contributed by atoms with Crippen molar-refractivity contribution in [3.8, 4) is 6.07 Å². The Morgan fingerprint density at radius 1 is 1.11 bits per heavy atom. The molecule has 0 radical (unpaired) electrons. The summed E-state index contributed by atoms with van der Waals surface area (Å²) in [6.07, 6.45) is 7.60. The van der Waals surface area contributed by atoms with Crippen molar-refractivity contribution in [1.29, 1.82) is 5.26 Å². The number of hydrogen-bond acceptors (Lipinski definition) is 2. The number of benzene rings is 1. The summed E-state index contributed by atoms with van der Waals surface area (Å²) < 4.78 is 0. The lowest BCUT2D eigenvalue weighted by Crippen LogP contribution is -2.01. The van der Waals surface area contributed by atoms with E-state index in [1.807, 2.05) is 6.07 Å². The molecule has 0 saturated carbocycles. The van der Waals surface area contributed by atoms with Crippen LogP contribution in [0.4, 0.5) is 0 Å². The quantitative estimate of drug-likeness (QED) is 0.498. The summed E-state index contributed by atoms with van der Waals surface area (Å²) >= 11 is 0. The van der Waals surface area contributed by atoms with Gasteiger partial charge >= 0.3 is 0 Å². The van der Waals surface area contributed by atoms with Gasteiger partial charge in [-0.1, -0.05) is 57.2 Å². The van der Waals surface area contributed by atoms with Gasteiger partial charge in [0.2, 0.25) is 0 Å². The van der Waals surface area contributed by atoms with Crippen molar-refractivity contribution in [2.75, 3.05) is 0 Å². The van der Waals surface area contributed by atoms with E-state index < -0.39 is 0 Å². The number of carbonyl (C=O) groups excluding carboxylic acids is 1. The highest BCUT2D eigenvalue weighted by Crippen LogP contribution is 2.13. The van der Waals surface area contributed by atoms with Crippen LogP contribution in [0.1, 0.15) is 67.8 Å². The zero-order chi connectivity index (χ0) is 13.2. The summed E-state index contributed by atoms with van der Waals surface area (Å²) in [6, 6.07) is 9.13. The lowest BCUT2D eigenvalue weighted by Gasteiger charge is -2.03. The largest absolute Gasteiger partial charge is 0.294 e. The average Bonchev–Trinajstić information content (AvgIpc) is 2.42. The zero-order valence-electron chi connectivity index (χ0n) is 11.1. The number of nitriles is 1. The van der Waals surface area contributed by atoms with E-state index in [4.69, 9.17) is 5.26 Å². The second kappa shape index (κ2) is 8.47. The third-order valence-corrected chi connectivity index (χ3v) is 3.11. The number of rotatable bonds is 8. The van der Waals surface area contributed by atoms with E-state index in [0.717, 1.165) is 12.8 Å². The minimum absolute atomic E-state index is 0.0997. The summed E-state index contributed by atoms with van der Waals surface area (Å²) in [4.78, 5) is 12.0. The van der Waals surface area contributed by atoms with E-state index in [0.29, 0.717) is 17.5 Å². The monoisotopic (exact) mass is 243 g/mol. The van der Waals surface area contributed by atoms with Crippen LogP contribution < -0.4 is 0 Å². The molecule has 0 aliphatic heterocycles. The Bertz CT molecular complexity index is 417. The van der Waals surface area contributed by atoms with Gasteiger partial charge in [-0.15, -0.1) is 0 Å². The topological polar surface area (TPSA) is 40.9 Å². The molecule has 0 N–H and O–H groups in total. The lowest BCUT2D eigenvalue weighted by atomic mass is 10.00. The van der Waals surface area contributed by atoms with Gasteiger partial charge in [-0.2, -0.15) is 5.26 Å². The van der Waals surface area contributed by atoms with E-state index >= 15 is 0 Å².